The molecule has 30 heavy (non-hydrogen) atoms. The van der Waals surface area contributed by atoms with Gasteiger partial charge in [-0.2, -0.15) is 0 Å². The molecule has 0 aliphatic carbocycles. The van der Waals surface area contributed by atoms with E-state index in [-0.39, 0.29) is 17.2 Å². The number of rotatable bonds is 5. The number of carbonyl (C=O) groups is 1. The first-order valence-electron chi connectivity index (χ1n) is 10.3. The van der Waals surface area contributed by atoms with Crippen LogP contribution in [0.3, 0.4) is 0 Å². The number of hydrogen-bond donors (Lipinski definition) is 2. The Morgan fingerprint density at radius 1 is 1.10 bits per heavy atom. The molecule has 0 spiro atoms. The molecule has 0 radical (unpaired) electrons. The van der Waals surface area contributed by atoms with Crippen molar-refractivity contribution < 1.29 is 4.79 Å². The van der Waals surface area contributed by atoms with Gasteiger partial charge in [0.25, 0.3) is 0 Å². The average Bonchev–Trinajstić information content (AvgIpc) is 3.12. The van der Waals surface area contributed by atoms with Gasteiger partial charge in [0, 0.05) is 12.1 Å². The Labute approximate surface area is 181 Å². The maximum atomic E-state index is 13.4. The minimum atomic E-state index is -0.376. The number of fused-ring (bicyclic) bond motifs is 1. The van der Waals surface area contributed by atoms with Crippen molar-refractivity contribution >= 4 is 23.4 Å². The number of amides is 1. The number of aryl methyl sites for hydroxylation is 4. The van der Waals surface area contributed by atoms with E-state index in [0.717, 1.165) is 46.2 Å². The van der Waals surface area contributed by atoms with Crippen LogP contribution in [-0.4, -0.2) is 26.0 Å². The number of thioether (sulfide) groups is 1. The fourth-order valence-corrected chi connectivity index (χ4v) is 4.68. The van der Waals surface area contributed by atoms with E-state index in [0.29, 0.717) is 0 Å². The Kier molecular flexibility index (Phi) is 5.81. The molecule has 1 amide bonds. The predicted octanol–water partition coefficient (Wildman–Crippen LogP) is 4.55. The van der Waals surface area contributed by atoms with Crippen LogP contribution in [0, 0.1) is 20.8 Å². The topological polar surface area (TPSA) is 71.8 Å². The van der Waals surface area contributed by atoms with Gasteiger partial charge in [-0.25, -0.2) is 4.68 Å². The summed E-state index contributed by atoms with van der Waals surface area (Å²) in [7, 11) is 0. The van der Waals surface area contributed by atoms with Crippen LogP contribution in [0.25, 0.3) is 0 Å². The molecule has 7 heteroatoms. The molecule has 2 heterocycles. The number of anilines is 1. The molecule has 3 aromatic rings. The Morgan fingerprint density at radius 2 is 1.83 bits per heavy atom. The number of nitrogens with one attached hydrogen (secondary N) is 2. The monoisotopic (exact) mass is 421 g/mol. The lowest BCUT2D eigenvalue weighted by atomic mass is 10.0. The standard InChI is InChI=1S/C23H27N5OS/c1-5-6-19-25-26-23-28(19)27-20(17-11-8-14(2)9-12-17)21(30-23)22(29)24-18-13-15(3)7-10-16(18)4/h7-13,20-21,27H,5-6H2,1-4H3,(H,24,29)/t20-,21+/m0/s1. The van der Waals surface area contributed by atoms with Gasteiger partial charge in [-0.15, -0.1) is 10.2 Å². The van der Waals surface area contributed by atoms with Gasteiger partial charge >= 0.3 is 0 Å². The quantitative estimate of drug-likeness (QED) is 0.632. The first kappa shape index (κ1) is 20.5. The normalized spacial score (nSPS) is 17.9. The van der Waals surface area contributed by atoms with E-state index in [4.69, 9.17) is 0 Å². The maximum Gasteiger partial charge on any atom is 0.240 e. The van der Waals surface area contributed by atoms with Crippen LogP contribution in [0.15, 0.2) is 47.6 Å². The summed E-state index contributed by atoms with van der Waals surface area (Å²) in [4.78, 5) is 13.4. The summed E-state index contributed by atoms with van der Waals surface area (Å²) in [6.07, 6.45) is 1.82. The summed E-state index contributed by atoms with van der Waals surface area (Å²) in [5, 5.41) is 12.1. The third-order valence-electron chi connectivity index (χ3n) is 5.32. The van der Waals surface area contributed by atoms with Gasteiger partial charge in [-0.1, -0.05) is 60.6 Å². The number of nitrogens with zero attached hydrogens (tertiary/aromatic N) is 3. The molecule has 1 aliphatic heterocycles. The van der Waals surface area contributed by atoms with Crippen LogP contribution >= 0.6 is 11.8 Å². The molecule has 1 aromatic heterocycles. The molecule has 0 fully saturated rings. The van der Waals surface area contributed by atoms with Gasteiger partial charge in [-0.3, -0.25) is 4.79 Å². The summed E-state index contributed by atoms with van der Waals surface area (Å²) in [5.74, 6) is 0.851. The third kappa shape index (κ3) is 4.07. The van der Waals surface area contributed by atoms with Crippen molar-refractivity contribution in [1.29, 1.82) is 0 Å². The number of carbonyl (C=O) groups excluding carboxylic acids is 1. The van der Waals surface area contributed by atoms with Crippen molar-refractivity contribution in [2.45, 2.75) is 57.0 Å². The molecule has 2 aromatic carbocycles. The highest BCUT2D eigenvalue weighted by Gasteiger charge is 2.37. The predicted molar refractivity (Wildman–Crippen MR) is 121 cm³/mol. The zero-order chi connectivity index (χ0) is 21.3. The van der Waals surface area contributed by atoms with Crippen LogP contribution in [-0.2, 0) is 11.2 Å². The molecule has 2 atom stereocenters. The number of benzene rings is 2. The Morgan fingerprint density at radius 3 is 2.57 bits per heavy atom. The van der Waals surface area contributed by atoms with Gasteiger partial charge in [0.2, 0.25) is 11.1 Å². The summed E-state index contributed by atoms with van der Waals surface area (Å²) in [6, 6.07) is 14.2. The lowest BCUT2D eigenvalue weighted by Crippen LogP contribution is -2.41. The number of aromatic nitrogens is 3. The highest BCUT2D eigenvalue weighted by molar-refractivity contribution is 8.00. The first-order valence-corrected chi connectivity index (χ1v) is 11.2. The van der Waals surface area contributed by atoms with Gasteiger partial charge in [0.05, 0.1) is 6.04 Å². The molecule has 6 nitrogen and oxygen atoms in total. The largest absolute Gasteiger partial charge is 0.325 e. The van der Waals surface area contributed by atoms with Crippen molar-refractivity contribution in [3.05, 3.63) is 70.5 Å². The smallest absolute Gasteiger partial charge is 0.240 e. The number of hydrogen-bond acceptors (Lipinski definition) is 5. The van der Waals surface area contributed by atoms with Crippen molar-refractivity contribution in [3.63, 3.8) is 0 Å². The van der Waals surface area contributed by atoms with Crippen LogP contribution < -0.4 is 10.7 Å². The van der Waals surface area contributed by atoms with Crippen molar-refractivity contribution in [3.8, 4) is 0 Å². The zero-order valence-corrected chi connectivity index (χ0v) is 18.6. The van der Waals surface area contributed by atoms with Crippen molar-refractivity contribution in [1.82, 2.24) is 14.9 Å². The minimum absolute atomic E-state index is 0.0435. The third-order valence-corrected chi connectivity index (χ3v) is 6.54. The molecule has 0 bridgehead atoms. The fourth-order valence-electron chi connectivity index (χ4n) is 3.58. The minimum Gasteiger partial charge on any atom is -0.325 e. The zero-order valence-electron chi connectivity index (χ0n) is 17.8. The highest BCUT2D eigenvalue weighted by Crippen LogP contribution is 2.38. The molecule has 1 aliphatic rings. The van der Waals surface area contributed by atoms with E-state index in [1.165, 1.54) is 17.3 Å². The highest BCUT2D eigenvalue weighted by atomic mass is 32.2. The molecular weight excluding hydrogens is 394 g/mol. The SMILES string of the molecule is CCCc1nnc2n1N[C@@H](c1ccc(C)cc1)[C@H](C(=O)Nc1cc(C)ccc1C)S2. The van der Waals surface area contributed by atoms with Crippen LogP contribution in [0.5, 0.6) is 0 Å². The van der Waals surface area contributed by atoms with E-state index in [2.05, 4.69) is 65.1 Å². The van der Waals surface area contributed by atoms with Crippen molar-refractivity contribution in [2.75, 3.05) is 10.7 Å². The molecule has 0 saturated heterocycles. The maximum absolute atomic E-state index is 13.4. The summed E-state index contributed by atoms with van der Waals surface area (Å²) in [5.41, 5.74) is 8.78. The second kappa shape index (κ2) is 8.52. The van der Waals surface area contributed by atoms with E-state index >= 15 is 0 Å². The first-order chi connectivity index (χ1) is 14.5. The summed E-state index contributed by atoms with van der Waals surface area (Å²) >= 11 is 1.46. The molecule has 2 N–H and O–H groups in total. The Balaban J connectivity index is 1.68. The van der Waals surface area contributed by atoms with Crippen LogP contribution in [0.4, 0.5) is 5.69 Å². The Hall–Kier alpha value is -2.80. The lowest BCUT2D eigenvalue weighted by Gasteiger charge is -2.33. The van der Waals surface area contributed by atoms with Gasteiger partial charge in [0.1, 0.15) is 5.25 Å². The fraction of sp³-hybridized carbons (Fsp3) is 0.348. The summed E-state index contributed by atoms with van der Waals surface area (Å²) in [6.45, 7) is 8.22. The summed E-state index contributed by atoms with van der Waals surface area (Å²) < 4.78 is 1.94. The van der Waals surface area contributed by atoms with Crippen LogP contribution in [0.1, 0.15) is 47.5 Å². The van der Waals surface area contributed by atoms with E-state index in [1.54, 1.807) is 0 Å². The lowest BCUT2D eigenvalue weighted by molar-refractivity contribution is -0.116. The van der Waals surface area contributed by atoms with Crippen LogP contribution in [0.2, 0.25) is 0 Å². The van der Waals surface area contributed by atoms with E-state index in [9.17, 15) is 4.79 Å². The van der Waals surface area contributed by atoms with Gasteiger partial charge in [-0.05, 0) is 49.9 Å². The Bertz CT molecular complexity index is 1060. The molecular formula is C23H27N5OS. The van der Waals surface area contributed by atoms with E-state index < -0.39 is 0 Å². The molecule has 4 rings (SSSR count). The second-order valence-electron chi connectivity index (χ2n) is 7.85. The van der Waals surface area contributed by atoms with E-state index in [1.807, 2.05) is 30.7 Å². The van der Waals surface area contributed by atoms with Gasteiger partial charge < -0.3 is 10.7 Å². The van der Waals surface area contributed by atoms with Gasteiger partial charge in [0.15, 0.2) is 5.82 Å². The molecule has 156 valence electrons. The van der Waals surface area contributed by atoms with Crippen molar-refractivity contribution in [2.24, 2.45) is 0 Å². The average molecular weight is 422 g/mol. The molecule has 0 unspecified atom stereocenters. The molecule has 0 saturated carbocycles. The second-order valence-corrected chi connectivity index (χ2v) is 8.96.